The lowest BCUT2D eigenvalue weighted by Crippen LogP contribution is -2.18. The van der Waals surface area contributed by atoms with Crippen LogP contribution in [0.15, 0.2) is 68.8 Å². The molecule has 0 saturated carbocycles. The minimum Gasteiger partial charge on any atom is -0.487 e. The van der Waals surface area contributed by atoms with Crippen molar-refractivity contribution in [2.24, 2.45) is 5.10 Å². The molecule has 0 spiro atoms. The van der Waals surface area contributed by atoms with Crippen LogP contribution >= 0.6 is 43.5 Å². The number of pyridine rings is 1. The second-order valence-corrected chi connectivity index (χ2v) is 8.20. The van der Waals surface area contributed by atoms with Crippen molar-refractivity contribution < 1.29 is 9.53 Å². The number of amides is 1. The summed E-state index contributed by atoms with van der Waals surface area (Å²) < 4.78 is 7.48. The van der Waals surface area contributed by atoms with E-state index in [-0.39, 0.29) is 10.7 Å². The van der Waals surface area contributed by atoms with Crippen LogP contribution in [0.2, 0.25) is 5.15 Å². The first-order valence-corrected chi connectivity index (χ1v) is 10.5. The van der Waals surface area contributed by atoms with Gasteiger partial charge in [-0.1, -0.05) is 41.4 Å². The molecule has 29 heavy (non-hydrogen) atoms. The number of nitrogens with one attached hydrogen (secondary N) is 1. The van der Waals surface area contributed by atoms with E-state index in [4.69, 9.17) is 16.3 Å². The second-order valence-electron chi connectivity index (χ2n) is 6.13. The van der Waals surface area contributed by atoms with Gasteiger partial charge in [-0.3, -0.25) is 4.79 Å². The molecule has 0 radical (unpaired) electrons. The number of rotatable bonds is 6. The minimum absolute atomic E-state index is 0.126. The molecule has 1 N–H and O–H groups in total. The van der Waals surface area contributed by atoms with Crippen LogP contribution in [0.5, 0.6) is 5.75 Å². The van der Waals surface area contributed by atoms with Gasteiger partial charge in [0.05, 0.1) is 20.7 Å². The molecule has 5 nitrogen and oxygen atoms in total. The smallest absolute Gasteiger partial charge is 0.274 e. The highest BCUT2D eigenvalue weighted by Crippen LogP contribution is 2.35. The summed E-state index contributed by atoms with van der Waals surface area (Å²) in [6, 6.07) is 15.1. The topological polar surface area (TPSA) is 63.6 Å². The van der Waals surface area contributed by atoms with E-state index in [0.717, 1.165) is 20.1 Å². The van der Waals surface area contributed by atoms with E-state index in [0.29, 0.717) is 12.4 Å². The van der Waals surface area contributed by atoms with Crippen LogP contribution < -0.4 is 10.2 Å². The molecule has 8 heteroatoms. The number of aryl methyl sites for hydroxylation is 1. The lowest BCUT2D eigenvalue weighted by molar-refractivity contribution is 0.0955. The third kappa shape index (κ3) is 5.88. The fraction of sp³-hybridized carbons (Fsp3) is 0.0952. The fourth-order valence-corrected chi connectivity index (χ4v) is 4.19. The van der Waals surface area contributed by atoms with Gasteiger partial charge in [0.25, 0.3) is 5.91 Å². The maximum absolute atomic E-state index is 12.1. The Labute approximate surface area is 190 Å². The van der Waals surface area contributed by atoms with Crippen molar-refractivity contribution in [3.8, 4) is 5.75 Å². The maximum atomic E-state index is 12.1. The summed E-state index contributed by atoms with van der Waals surface area (Å²) in [5.41, 5.74) is 5.74. The van der Waals surface area contributed by atoms with Gasteiger partial charge in [0.2, 0.25) is 0 Å². The lowest BCUT2D eigenvalue weighted by atomic mass is 10.1. The van der Waals surface area contributed by atoms with E-state index in [1.54, 1.807) is 12.1 Å². The summed E-state index contributed by atoms with van der Waals surface area (Å²) in [6.45, 7) is 2.50. The molecule has 0 aliphatic rings. The summed E-state index contributed by atoms with van der Waals surface area (Å²) in [5, 5.41) is 4.11. The highest BCUT2D eigenvalue weighted by molar-refractivity contribution is 9.11. The standard InChI is InChI=1S/C21H16Br2ClN3O2/c1-13-4-2-5-14(8-13)12-29-19-17(22)9-15(10-18(19)23)11-26-27-21(28)16-6-3-7-25-20(16)24/h2-11H,12H2,1H3,(H,27,28). The van der Waals surface area contributed by atoms with Crippen LogP contribution in [0.4, 0.5) is 0 Å². The molecule has 0 aliphatic heterocycles. The molecule has 2 aromatic carbocycles. The zero-order chi connectivity index (χ0) is 20.8. The molecule has 3 rings (SSSR count). The van der Waals surface area contributed by atoms with Gasteiger partial charge in [0.15, 0.2) is 0 Å². The number of benzene rings is 2. The van der Waals surface area contributed by atoms with Crippen molar-refractivity contribution in [1.29, 1.82) is 0 Å². The molecule has 0 bridgehead atoms. The van der Waals surface area contributed by atoms with Crippen LogP contribution in [0.3, 0.4) is 0 Å². The molecule has 148 valence electrons. The van der Waals surface area contributed by atoms with E-state index in [2.05, 4.69) is 53.4 Å². The van der Waals surface area contributed by atoms with Gasteiger partial charge in [-0.2, -0.15) is 5.10 Å². The number of carbonyl (C=O) groups excluding carboxylic acids is 1. The minimum atomic E-state index is -0.435. The van der Waals surface area contributed by atoms with Crippen LogP contribution in [0.25, 0.3) is 0 Å². The summed E-state index contributed by atoms with van der Waals surface area (Å²) in [7, 11) is 0. The predicted octanol–water partition coefficient (Wildman–Crippen LogP) is 5.91. The van der Waals surface area contributed by atoms with Gasteiger partial charge >= 0.3 is 0 Å². The van der Waals surface area contributed by atoms with Crippen molar-refractivity contribution in [3.05, 3.63) is 91.1 Å². The Morgan fingerprint density at radius 2 is 1.97 bits per heavy atom. The first kappa shape index (κ1) is 21.5. The van der Waals surface area contributed by atoms with E-state index in [1.165, 1.54) is 18.0 Å². The number of hydrogen-bond acceptors (Lipinski definition) is 4. The van der Waals surface area contributed by atoms with Gasteiger partial charge in [-0.25, -0.2) is 10.4 Å². The molecule has 0 aliphatic carbocycles. The van der Waals surface area contributed by atoms with Gasteiger partial charge < -0.3 is 4.74 Å². The lowest BCUT2D eigenvalue weighted by Gasteiger charge is -2.11. The number of nitrogens with zero attached hydrogens (tertiary/aromatic N) is 2. The molecular formula is C21H16Br2ClN3O2. The van der Waals surface area contributed by atoms with Crippen molar-refractivity contribution in [1.82, 2.24) is 10.4 Å². The number of ether oxygens (including phenoxy) is 1. The van der Waals surface area contributed by atoms with E-state index in [9.17, 15) is 4.79 Å². The van der Waals surface area contributed by atoms with E-state index < -0.39 is 5.91 Å². The van der Waals surface area contributed by atoms with Crippen molar-refractivity contribution in [3.63, 3.8) is 0 Å². The Hall–Kier alpha value is -2.22. The first-order valence-electron chi connectivity index (χ1n) is 8.55. The first-order chi connectivity index (χ1) is 13.9. The van der Waals surface area contributed by atoms with Gasteiger partial charge in [-0.05, 0) is 74.2 Å². The number of hydrazone groups is 1. The summed E-state index contributed by atoms with van der Waals surface area (Å²) in [4.78, 5) is 16.0. The molecule has 1 amide bonds. The summed E-state index contributed by atoms with van der Waals surface area (Å²) in [5.74, 6) is 0.255. The van der Waals surface area contributed by atoms with E-state index >= 15 is 0 Å². The average molecular weight is 538 g/mol. The second kappa shape index (κ2) is 10.0. The van der Waals surface area contributed by atoms with Crippen molar-refractivity contribution in [2.45, 2.75) is 13.5 Å². The monoisotopic (exact) mass is 535 g/mol. The molecule has 1 aromatic heterocycles. The molecule has 0 atom stereocenters. The molecule has 0 fully saturated rings. The molecule has 3 aromatic rings. The van der Waals surface area contributed by atoms with Gasteiger partial charge in [-0.15, -0.1) is 0 Å². The SMILES string of the molecule is Cc1cccc(COc2c(Br)cc(C=NNC(=O)c3cccnc3Cl)cc2Br)c1. The predicted molar refractivity (Wildman–Crippen MR) is 122 cm³/mol. The number of halogens is 3. The Morgan fingerprint density at radius 3 is 2.66 bits per heavy atom. The Kier molecular flexibility index (Phi) is 7.41. The van der Waals surface area contributed by atoms with Crippen LogP contribution in [0.1, 0.15) is 27.0 Å². The van der Waals surface area contributed by atoms with Crippen molar-refractivity contribution >= 4 is 55.6 Å². The van der Waals surface area contributed by atoms with Crippen LogP contribution in [0, 0.1) is 6.92 Å². The quantitative estimate of drug-likeness (QED) is 0.242. The van der Waals surface area contributed by atoms with Crippen LogP contribution in [-0.2, 0) is 6.61 Å². The largest absolute Gasteiger partial charge is 0.487 e. The highest BCUT2D eigenvalue weighted by Gasteiger charge is 2.11. The number of aromatic nitrogens is 1. The van der Waals surface area contributed by atoms with Gasteiger partial charge in [0.1, 0.15) is 17.5 Å². The Balaban J connectivity index is 1.66. The Morgan fingerprint density at radius 1 is 1.21 bits per heavy atom. The van der Waals surface area contributed by atoms with Crippen LogP contribution in [-0.4, -0.2) is 17.1 Å². The Bertz CT molecular complexity index is 1050. The molecule has 0 saturated heterocycles. The average Bonchev–Trinajstić information content (AvgIpc) is 2.67. The van der Waals surface area contributed by atoms with Gasteiger partial charge in [0, 0.05) is 6.20 Å². The summed E-state index contributed by atoms with van der Waals surface area (Å²) in [6.07, 6.45) is 3.04. The third-order valence-corrected chi connectivity index (χ3v) is 5.35. The summed E-state index contributed by atoms with van der Waals surface area (Å²) >= 11 is 13.0. The highest BCUT2D eigenvalue weighted by atomic mass is 79.9. The van der Waals surface area contributed by atoms with E-state index in [1.807, 2.05) is 37.3 Å². The zero-order valence-electron chi connectivity index (χ0n) is 15.3. The molecule has 0 unspecified atom stereocenters. The number of carbonyl (C=O) groups is 1. The van der Waals surface area contributed by atoms with Crippen molar-refractivity contribution in [2.75, 3.05) is 0 Å². The molecule has 1 heterocycles. The fourth-order valence-electron chi connectivity index (χ4n) is 2.53. The maximum Gasteiger partial charge on any atom is 0.274 e. The molecular weight excluding hydrogens is 522 g/mol. The zero-order valence-corrected chi connectivity index (χ0v) is 19.3. The normalized spacial score (nSPS) is 10.9. The third-order valence-electron chi connectivity index (χ3n) is 3.87. The number of hydrogen-bond donors (Lipinski definition) is 1.